The van der Waals surface area contributed by atoms with E-state index in [0.717, 1.165) is 98.1 Å². The molecule has 310 valence electrons. The van der Waals surface area contributed by atoms with Gasteiger partial charge in [-0.3, -0.25) is 24.1 Å². The minimum absolute atomic E-state index is 0.0370. The molecule has 0 aliphatic heterocycles. The van der Waals surface area contributed by atoms with E-state index in [1.807, 2.05) is 61.6 Å². The minimum Gasteiger partial charge on any atom is -0.481 e. The fourth-order valence-electron chi connectivity index (χ4n) is 7.22. The lowest BCUT2D eigenvalue weighted by Crippen LogP contribution is -2.42. The van der Waals surface area contributed by atoms with Gasteiger partial charge in [-0.25, -0.2) is 4.79 Å². The SMILES string of the molecule is CCC(CC)N(CCc1cccc(C=O)c1)CCN(C)C(=O)CCC(=O)O.CNc1sc2c(c1C(=O)Nc1ccc(CCc3ccc(C(=O)O)cc3)cc1)CCCC2. The van der Waals surface area contributed by atoms with Crippen LogP contribution in [-0.2, 0) is 41.7 Å². The lowest BCUT2D eigenvalue weighted by atomic mass is 9.95. The Morgan fingerprint density at radius 3 is 2.07 bits per heavy atom. The summed E-state index contributed by atoms with van der Waals surface area (Å²) >= 11 is 1.71. The molecular formula is C46H58N4O7S. The van der Waals surface area contributed by atoms with Crippen molar-refractivity contribution in [2.45, 2.75) is 90.5 Å². The first kappa shape index (κ1) is 45.4. The Hall–Kier alpha value is -5.33. The molecule has 12 heteroatoms. The molecular weight excluding hydrogens is 753 g/mol. The van der Waals surface area contributed by atoms with Crippen LogP contribution < -0.4 is 10.6 Å². The van der Waals surface area contributed by atoms with E-state index in [-0.39, 0.29) is 24.7 Å². The standard InChI is InChI=1S/C25H26N2O3S.C21H32N2O4/c1-26-24-22(20-4-2-3-5-21(20)31-24)23(28)27-19-14-10-17(11-15-19)7-6-16-8-12-18(13-9-16)25(29)30;1-4-19(5-2)23(12-11-17-7-6-8-18(15-17)16-24)14-13-22(3)20(25)9-10-21(26)27/h8-15,26H,2-7H2,1H3,(H,27,28)(H,29,30);6-8,15-16,19H,4-5,9-14H2,1-3H3,(H,26,27). The molecule has 11 nitrogen and oxygen atoms in total. The fourth-order valence-corrected chi connectivity index (χ4v) is 8.46. The average Bonchev–Trinajstić information content (AvgIpc) is 3.63. The number of hydrogen-bond donors (Lipinski definition) is 4. The number of carbonyl (C=O) groups is 5. The molecule has 1 aliphatic rings. The highest BCUT2D eigenvalue weighted by atomic mass is 32.1. The van der Waals surface area contributed by atoms with Crippen LogP contribution in [0.2, 0.25) is 0 Å². The summed E-state index contributed by atoms with van der Waals surface area (Å²) in [6, 6.07) is 23.0. The van der Waals surface area contributed by atoms with Crippen LogP contribution in [0.25, 0.3) is 0 Å². The Labute approximate surface area is 346 Å². The molecule has 0 saturated carbocycles. The van der Waals surface area contributed by atoms with Crippen LogP contribution in [-0.4, -0.2) is 89.8 Å². The van der Waals surface area contributed by atoms with Crippen LogP contribution in [0.3, 0.4) is 0 Å². The average molecular weight is 811 g/mol. The van der Waals surface area contributed by atoms with Gasteiger partial charge in [0.25, 0.3) is 5.91 Å². The van der Waals surface area contributed by atoms with E-state index in [4.69, 9.17) is 10.2 Å². The maximum atomic E-state index is 13.0. The maximum absolute atomic E-state index is 13.0. The van der Waals surface area contributed by atoms with Gasteiger partial charge in [-0.1, -0.05) is 56.3 Å². The van der Waals surface area contributed by atoms with Crippen molar-refractivity contribution in [2.24, 2.45) is 0 Å². The number of rotatable bonds is 20. The summed E-state index contributed by atoms with van der Waals surface area (Å²) in [6.45, 7) is 6.50. The number of thiophene rings is 1. The van der Waals surface area contributed by atoms with Crippen molar-refractivity contribution in [3.05, 3.63) is 117 Å². The van der Waals surface area contributed by atoms with Crippen molar-refractivity contribution < 1.29 is 34.2 Å². The predicted octanol–water partition coefficient (Wildman–Crippen LogP) is 8.26. The van der Waals surface area contributed by atoms with Crippen molar-refractivity contribution in [1.82, 2.24) is 9.80 Å². The number of amides is 2. The van der Waals surface area contributed by atoms with E-state index in [9.17, 15) is 24.0 Å². The highest BCUT2D eigenvalue weighted by Crippen LogP contribution is 2.38. The summed E-state index contributed by atoms with van der Waals surface area (Å²) in [6.07, 6.45) is 9.72. The van der Waals surface area contributed by atoms with Gasteiger partial charge in [-0.2, -0.15) is 0 Å². The number of nitrogens with one attached hydrogen (secondary N) is 2. The number of aromatic carboxylic acids is 1. The molecule has 1 aromatic heterocycles. The number of hydrogen-bond acceptors (Lipinski definition) is 8. The van der Waals surface area contributed by atoms with Gasteiger partial charge in [-0.15, -0.1) is 11.3 Å². The molecule has 4 N–H and O–H groups in total. The van der Waals surface area contributed by atoms with Crippen LogP contribution in [0.1, 0.15) is 111 Å². The van der Waals surface area contributed by atoms with Gasteiger partial charge in [0.2, 0.25) is 5.91 Å². The summed E-state index contributed by atoms with van der Waals surface area (Å²) in [4.78, 5) is 62.9. The van der Waals surface area contributed by atoms with E-state index in [1.165, 1.54) is 22.4 Å². The van der Waals surface area contributed by atoms with Crippen LogP contribution in [0.15, 0.2) is 72.8 Å². The van der Waals surface area contributed by atoms with E-state index in [1.54, 1.807) is 41.5 Å². The minimum atomic E-state index is -0.951. The third-order valence-electron chi connectivity index (χ3n) is 10.7. The lowest BCUT2D eigenvalue weighted by Gasteiger charge is -2.32. The monoisotopic (exact) mass is 810 g/mol. The van der Waals surface area contributed by atoms with Gasteiger partial charge in [0, 0.05) is 62.3 Å². The van der Waals surface area contributed by atoms with Crippen molar-refractivity contribution in [1.29, 1.82) is 0 Å². The zero-order valence-corrected chi connectivity index (χ0v) is 35.0. The summed E-state index contributed by atoms with van der Waals surface area (Å²) in [5.41, 5.74) is 7.19. The highest BCUT2D eigenvalue weighted by Gasteiger charge is 2.25. The molecule has 0 spiro atoms. The van der Waals surface area contributed by atoms with E-state index in [2.05, 4.69) is 29.4 Å². The molecule has 3 aromatic carbocycles. The molecule has 1 heterocycles. The Balaban J connectivity index is 0.000000260. The smallest absolute Gasteiger partial charge is 0.335 e. The van der Waals surface area contributed by atoms with Gasteiger partial charge in [0.05, 0.1) is 17.5 Å². The zero-order chi connectivity index (χ0) is 42.0. The molecule has 0 bridgehead atoms. The second kappa shape index (κ2) is 23.2. The number of benzene rings is 3. The number of carboxylic acid groups (broad SMARTS) is 2. The van der Waals surface area contributed by atoms with Crippen molar-refractivity contribution in [3.8, 4) is 0 Å². The number of carboxylic acids is 2. The Morgan fingerprint density at radius 2 is 1.47 bits per heavy atom. The fraction of sp³-hybridized carbons (Fsp3) is 0.413. The second-order valence-corrected chi connectivity index (χ2v) is 15.8. The topological polar surface area (TPSA) is 156 Å². The number of anilines is 2. The molecule has 0 fully saturated rings. The van der Waals surface area contributed by atoms with Crippen LogP contribution >= 0.6 is 11.3 Å². The number of carbonyl (C=O) groups excluding carboxylic acids is 3. The van der Waals surface area contributed by atoms with Gasteiger partial charge < -0.3 is 25.7 Å². The third-order valence-corrected chi connectivity index (χ3v) is 12.0. The first-order valence-electron chi connectivity index (χ1n) is 20.2. The first-order valence-corrected chi connectivity index (χ1v) is 21.1. The maximum Gasteiger partial charge on any atom is 0.335 e. The van der Waals surface area contributed by atoms with Crippen LogP contribution in [0.5, 0.6) is 0 Å². The van der Waals surface area contributed by atoms with Gasteiger partial charge in [-0.05, 0) is 110 Å². The Kier molecular flexibility index (Phi) is 18.1. The van der Waals surface area contributed by atoms with Gasteiger partial charge in [0.1, 0.15) is 11.3 Å². The summed E-state index contributed by atoms with van der Waals surface area (Å²) < 4.78 is 0. The molecule has 0 unspecified atom stereocenters. The molecule has 0 radical (unpaired) electrons. The number of nitrogens with zero attached hydrogens (tertiary/aromatic N) is 2. The van der Waals surface area contributed by atoms with E-state index < -0.39 is 11.9 Å². The normalized spacial score (nSPS) is 12.0. The number of aldehydes is 1. The summed E-state index contributed by atoms with van der Waals surface area (Å²) in [5, 5.41) is 24.9. The summed E-state index contributed by atoms with van der Waals surface area (Å²) in [5.74, 6) is -2.04. The quantitative estimate of drug-likeness (QED) is 0.0646. The Bertz CT molecular complexity index is 1970. The largest absolute Gasteiger partial charge is 0.481 e. The molecule has 58 heavy (non-hydrogen) atoms. The molecule has 0 saturated heterocycles. The second-order valence-electron chi connectivity index (χ2n) is 14.6. The molecule has 5 rings (SSSR count). The van der Waals surface area contributed by atoms with E-state index >= 15 is 0 Å². The zero-order valence-electron chi connectivity index (χ0n) is 34.2. The van der Waals surface area contributed by atoms with E-state index in [0.29, 0.717) is 23.7 Å². The predicted molar refractivity (Wildman–Crippen MR) is 232 cm³/mol. The Morgan fingerprint density at radius 1 is 0.810 bits per heavy atom. The number of aryl methyl sites for hydroxylation is 3. The van der Waals surface area contributed by atoms with Crippen molar-refractivity contribution >= 4 is 52.1 Å². The van der Waals surface area contributed by atoms with Crippen molar-refractivity contribution in [3.63, 3.8) is 0 Å². The molecule has 4 aromatic rings. The highest BCUT2D eigenvalue weighted by molar-refractivity contribution is 7.16. The van der Waals surface area contributed by atoms with Gasteiger partial charge in [0.15, 0.2) is 0 Å². The first-order chi connectivity index (χ1) is 28.0. The number of likely N-dealkylation sites (N-methyl/N-ethyl adjacent to an activating group) is 1. The molecule has 2 amide bonds. The number of fused-ring (bicyclic) bond motifs is 1. The van der Waals surface area contributed by atoms with Crippen LogP contribution in [0, 0.1) is 0 Å². The van der Waals surface area contributed by atoms with Gasteiger partial charge >= 0.3 is 11.9 Å². The van der Waals surface area contributed by atoms with Crippen molar-refractivity contribution in [2.75, 3.05) is 44.4 Å². The third kappa shape index (κ3) is 13.7. The molecule has 1 aliphatic carbocycles. The number of aliphatic carboxylic acids is 1. The lowest BCUT2D eigenvalue weighted by molar-refractivity contribution is -0.140. The summed E-state index contributed by atoms with van der Waals surface area (Å²) in [7, 11) is 3.60. The van der Waals surface area contributed by atoms with Crippen LogP contribution in [0.4, 0.5) is 10.7 Å². The molecule has 0 atom stereocenters.